The SMILES string of the molecule is COc1cc(/C=C(\CC(=O)O)c2nc3ccccc3s2)ccc1OC(F)F. The lowest BCUT2D eigenvalue weighted by Gasteiger charge is -2.10. The van der Waals surface area contributed by atoms with Gasteiger partial charge in [0.05, 0.1) is 23.7 Å². The number of alkyl halides is 2. The minimum Gasteiger partial charge on any atom is -0.493 e. The van der Waals surface area contributed by atoms with E-state index in [1.807, 2.05) is 24.3 Å². The van der Waals surface area contributed by atoms with Crippen molar-refractivity contribution in [3.05, 3.63) is 53.0 Å². The number of para-hydroxylation sites is 1. The number of carbonyl (C=O) groups is 1. The number of carboxylic acids is 1. The molecule has 1 N–H and O–H groups in total. The number of aliphatic carboxylic acids is 1. The highest BCUT2D eigenvalue weighted by Gasteiger charge is 2.14. The van der Waals surface area contributed by atoms with Crippen LogP contribution in [0.25, 0.3) is 21.9 Å². The standard InChI is InChI=1S/C19H15F2NO4S/c1-25-15-9-11(6-7-14(15)26-19(20)21)8-12(10-17(23)24)18-22-13-4-2-3-5-16(13)27-18/h2-9,19H,10H2,1H3,(H,23,24)/b12-8+. The number of carboxylic acid groups (broad SMARTS) is 1. The van der Waals surface area contributed by atoms with Crippen molar-refractivity contribution in [1.82, 2.24) is 4.98 Å². The van der Waals surface area contributed by atoms with Gasteiger partial charge in [-0.25, -0.2) is 4.98 Å². The molecule has 0 saturated heterocycles. The smallest absolute Gasteiger partial charge is 0.387 e. The Labute approximate surface area is 157 Å². The van der Waals surface area contributed by atoms with Gasteiger partial charge in [-0.1, -0.05) is 18.2 Å². The van der Waals surface area contributed by atoms with Crippen LogP contribution in [-0.2, 0) is 4.79 Å². The van der Waals surface area contributed by atoms with Crippen molar-refractivity contribution in [2.75, 3.05) is 7.11 Å². The molecule has 0 fully saturated rings. The number of benzene rings is 2. The maximum Gasteiger partial charge on any atom is 0.387 e. The molecule has 0 radical (unpaired) electrons. The summed E-state index contributed by atoms with van der Waals surface area (Å²) in [5, 5.41) is 9.84. The number of hydrogen-bond donors (Lipinski definition) is 1. The molecule has 8 heteroatoms. The van der Waals surface area contributed by atoms with Crippen LogP contribution in [-0.4, -0.2) is 29.8 Å². The van der Waals surface area contributed by atoms with Crippen LogP contribution in [0.2, 0.25) is 0 Å². The average molecular weight is 391 g/mol. The zero-order chi connectivity index (χ0) is 19.4. The Kier molecular flexibility index (Phi) is 5.66. The lowest BCUT2D eigenvalue weighted by atomic mass is 10.1. The van der Waals surface area contributed by atoms with Crippen molar-refractivity contribution in [2.24, 2.45) is 0 Å². The number of rotatable bonds is 7. The van der Waals surface area contributed by atoms with E-state index in [2.05, 4.69) is 9.72 Å². The van der Waals surface area contributed by atoms with Crippen molar-refractivity contribution >= 4 is 39.2 Å². The van der Waals surface area contributed by atoms with E-state index >= 15 is 0 Å². The van der Waals surface area contributed by atoms with Gasteiger partial charge < -0.3 is 14.6 Å². The van der Waals surface area contributed by atoms with Crippen LogP contribution >= 0.6 is 11.3 Å². The summed E-state index contributed by atoms with van der Waals surface area (Å²) in [5.74, 6) is -0.961. The predicted molar refractivity (Wildman–Crippen MR) is 99.4 cm³/mol. The van der Waals surface area contributed by atoms with Crippen LogP contribution in [0.15, 0.2) is 42.5 Å². The monoisotopic (exact) mass is 391 g/mol. The maximum atomic E-state index is 12.5. The quantitative estimate of drug-likeness (QED) is 0.619. The maximum absolute atomic E-state index is 12.5. The molecule has 0 atom stereocenters. The fraction of sp³-hybridized carbons (Fsp3) is 0.158. The van der Waals surface area contributed by atoms with E-state index in [0.29, 0.717) is 16.1 Å². The molecule has 0 unspecified atom stereocenters. The van der Waals surface area contributed by atoms with Gasteiger partial charge in [0.15, 0.2) is 11.5 Å². The minimum absolute atomic E-state index is 0.0931. The number of thiazole rings is 1. The van der Waals surface area contributed by atoms with Crippen molar-refractivity contribution in [1.29, 1.82) is 0 Å². The highest BCUT2D eigenvalue weighted by Crippen LogP contribution is 2.33. The number of fused-ring (bicyclic) bond motifs is 1. The summed E-state index contributed by atoms with van der Waals surface area (Å²) in [6.07, 6.45) is 1.43. The molecular weight excluding hydrogens is 376 g/mol. The summed E-state index contributed by atoms with van der Waals surface area (Å²) in [6.45, 7) is -2.97. The van der Waals surface area contributed by atoms with E-state index in [-0.39, 0.29) is 17.9 Å². The van der Waals surface area contributed by atoms with E-state index < -0.39 is 12.6 Å². The zero-order valence-electron chi connectivity index (χ0n) is 14.2. The van der Waals surface area contributed by atoms with E-state index in [1.54, 1.807) is 12.1 Å². The van der Waals surface area contributed by atoms with Gasteiger partial charge in [-0.3, -0.25) is 4.79 Å². The molecule has 0 amide bonds. The molecule has 1 aromatic heterocycles. The molecule has 0 spiro atoms. The Morgan fingerprint density at radius 2 is 2.04 bits per heavy atom. The number of nitrogens with zero attached hydrogens (tertiary/aromatic N) is 1. The minimum atomic E-state index is -2.97. The van der Waals surface area contributed by atoms with Crippen LogP contribution in [0.4, 0.5) is 8.78 Å². The summed E-state index contributed by atoms with van der Waals surface area (Å²) in [6, 6.07) is 11.9. The Bertz CT molecular complexity index is 967. The molecule has 3 rings (SSSR count). The summed E-state index contributed by atoms with van der Waals surface area (Å²) < 4.78 is 35.3. The molecule has 27 heavy (non-hydrogen) atoms. The van der Waals surface area contributed by atoms with Gasteiger partial charge in [-0.2, -0.15) is 8.78 Å². The summed E-state index contributed by atoms with van der Waals surface area (Å²) in [5.41, 5.74) is 1.88. The fourth-order valence-electron chi connectivity index (χ4n) is 2.53. The summed E-state index contributed by atoms with van der Waals surface area (Å²) in [4.78, 5) is 15.8. The first kappa shape index (κ1) is 18.8. The molecule has 0 aliphatic heterocycles. The van der Waals surface area contributed by atoms with E-state index in [4.69, 9.17) is 4.74 Å². The number of aromatic nitrogens is 1. The van der Waals surface area contributed by atoms with Crippen molar-refractivity contribution in [3.63, 3.8) is 0 Å². The molecule has 3 aromatic rings. The molecule has 1 heterocycles. The van der Waals surface area contributed by atoms with Gasteiger partial charge in [-0.05, 0) is 41.5 Å². The highest BCUT2D eigenvalue weighted by molar-refractivity contribution is 7.19. The summed E-state index contributed by atoms with van der Waals surface area (Å²) >= 11 is 1.39. The van der Waals surface area contributed by atoms with Crippen molar-refractivity contribution in [3.8, 4) is 11.5 Å². The number of ether oxygens (including phenoxy) is 2. The first-order valence-corrected chi connectivity index (χ1v) is 8.69. The average Bonchev–Trinajstić information content (AvgIpc) is 3.05. The second kappa shape index (κ2) is 8.13. The molecular formula is C19H15F2NO4S. The zero-order valence-corrected chi connectivity index (χ0v) is 15.0. The third-order valence-electron chi connectivity index (χ3n) is 3.65. The van der Waals surface area contributed by atoms with Gasteiger partial charge in [0.1, 0.15) is 5.01 Å². The number of hydrogen-bond acceptors (Lipinski definition) is 5. The van der Waals surface area contributed by atoms with Crippen LogP contribution < -0.4 is 9.47 Å². The van der Waals surface area contributed by atoms with Crippen LogP contribution in [0.1, 0.15) is 17.0 Å². The topological polar surface area (TPSA) is 68.7 Å². The number of methoxy groups -OCH3 is 1. The molecule has 0 saturated carbocycles. The van der Waals surface area contributed by atoms with Crippen LogP contribution in [0.5, 0.6) is 11.5 Å². The largest absolute Gasteiger partial charge is 0.493 e. The van der Waals surface area contributed by atoms with E-state index in [0.717, 1.165) is 10.2 Å². The second-order valence-electron chi connectivity index (χ2n) is 5.52. The van der Waals surface area contributed by atoms with Gasteiger partial charge in [0.2, 0.25) is 0 Å². The Hall–Kier alpha value is -3.00. The third kappa shape index (κ3) is 4.59. The lowest BCUT2D eigenvalue weighted by Crippen LogP contribution is -2.03. The molecule has 0 aliphatic rings. The Balaban J connectivity index is 2.01. The van der Waals surface area contributed by atoms with Crippen LogP contribution in [0.3, 0.4) is 0 Å². The van der Waals surface area contributed by atoms with E-state index in [9.17, 15) is 18.7 Å². The third-order valence-corrected chi connectivity index (χ3v) is 4.77. The summed E-state index contributed by atoms with van der Waals surface area (Å²) in [7, 11) is 1.34. The van der Waals surface area contributed by atoms with Crippen molar-refractivity contribution < 1.29 is 28.2 Å². The van der Waals surface area contributed by atoms with E-state index in [1.165, 1.54) is 30.6 Å². The Morgan fingerprint density at radius 3 is 2.70 bits per heavy atom. The van der Waals surface area contributed by atoms with Gasteiger partial charge in [0, 0.05) is 0 Å². The molecule has 0 aliphatic carbocycles. The Morgan fingerprint density at radius 1 is 1.26 bits per heavy atom. The normalized spacial score (nSPS) is 11.8. The highest BCUT2D eigenvalue weighted by atomic mass is 32.1. The van der Waals surface area contributed by atoms with Crippen molar-refractivity contribution in [2.45, 2.75) is 13.0 Å². The first-order valence-electron chi connectivity index (χ1n) is 7.87. The molecule has 5 nitrogen and oxygen atoms in total. The van der Waals surface area contributed by atoms with Crippen LogP contribution in [0, 0.1) is 0 Å². The van der Waals surface area contributed by atoms with Gasteiger partial charge in [-0.15, -0.1) is 11.3 Å². The molecule has 140 valence electrons. The number of halogens is 2. The first-order chi connectivity index (χ1) is 13.0. The lowest BCUT2D eigenvalue weighted by molar-refractivity contribution is -0.135. The predicted octanol–water partition coefficient (Wildman–Crippen LogP) is 4.92. The van der Waals surface area contributed by atoms with Gasteiger partial charge >= 0.3 is 12.6 Å². The molecule has 0 bridgehead atoms. The second-order valence-corrected chi connectivity index (χ2v) is 6.55. The van der Waals surface area contributed by atoms with Gasteiger partial charge in [0.25, 0.3) is 0 Å². The molecule has 2 aromatic carbocycles. The fourth-order valence-corrected chi connectivity index (χ4v) is 3.51.